The third-order valence-corrected chi connectivity index (χ3v) is 7.14. The Morgan fingerprint density at radius 3 is 2.77 bits per heavy atom. The zero-order chi connectivity index (χ0) is 24.4. The number of morpholine rings is 1. The molecule has 1 amide bonds. The van der Waals surface area contributed by atoms with Crippen LogP contribution in [0.3, 0.4) is 0 Å². The van der Waals surface area contributed by atoms with Gasteiger partial charge in [-0.3, -0.25) is 4.79 Å². The normalized spacial score (nSPS) is 16.5. The van der Waals surface area contributed by atoms with E-state index in [4.69, 9.17) is 26.8 Å². The predicted molar refractivity (Wildman–Crippen MR) is 136 cm³/mol. The van der Waals surface area contributed by atoms with Crippen molar-refractivity contribution in [3.63, 3.8) is 0 Å². The molecule has 1 fully saturated rings. The van der Waals surface area contributed by atoms with Gasteiger partial charge in [0.05, 0.1) is 11.5 Å². The first kappa shape index (κ1) is 23.7. The molecule has 3 aromatic carbocycles. The van der Waals surface area contributed by atoms with Crippen LogP contribution in [-0.4, -0.2) is 47.6 Å². The molecular weight excluding hydrogens is 489 g/mol. The fourth-order valence-electron chi connectivity index (χ4n) is 4.04. The van der Waals surface area contributed by atoms with Gasteiger partial charge < -0.3 is 20.2 Å². The number of rotatable bonds is 7. The minimum Gasteiger partial charge on any atom is -0.491 e. The third kappa shape index (κ3) is 5.46. The van der Waals surface area contributed by atoms with E-state index in [1.54, 1.807) is 12.1 Å². The lowest BCUT2D eigenvalue weighted by Crippen LogP contribution is -2.41. The molecule has 1 aliphatic rings. The van der Waals surface area contributed by atoms with E-state index in [2.05, 4.69) is 9.29 Å². The van der Waals surface area contributed by atoms with E-state index >= 15 is 0 Å². The number of fused-ring (bicyclic) bond motifs is 1. The molecule has 4 aromatic rings. The lowest BCUT2D eigenvalue weighted by molar-refractivity contribution is -0.0224. The molecule has 1 atom stereocenters. The largest absolute Gasteiger partial charge is 0.491 e. The van der Waals surface area contributed by atoms with Gasteiger partial charge in [0.2, 0.25) is 0 Å². The molecular formula is C26H23ClFN3O3S. The van der Waals surface area contributed by atoms with Crippen molar-refractivity contribution in [1.82, 2.24) is 9.29 Å². The second-order valence-corrected chi connectivity index (χ2v) is 9.75. The number of benzene rings is 3. The minimum absolute atomic E-state index is 0.167. The van der Waals surface area contributed by atoms with Crippen LogP contribution in [0.2, 0.25) is 5.02 Å². The van der Waals surface area contributed by atoms with E-state index in [9.17, 15) is 9.18 Å². The van der Waals surface area contributed by atoms with Gasteiger partial charge in [0.15, 0.2) is 0 Å². The van der Waals surface area contributed by atoms with Crippen LogP contribution in [-0.2, 0) is 4.74 Å². The number of primary amides is 1. The zero-order valence-corrected chi connectivity index (χ0v) is 20.2. The molecule has 0 aliphatic carbocycles. The zero-order valence-electron chi connectivity index (χ0n) is 18.7. The smallest absolute Gasteiger partial charge is 0.266 e. The van der Waals surface area contributed by atoms with Gasteiger partial charge in [-0.1, -0.05) is 35.9 Å². The average molecular weight is 512 g/mol. The summed E-state index contributed by atoms with van der Waals surface area (Å²) in [4.78, 5) is 15.9. The van der Waals surface area contributed by atoms with Crippen molar-refractivity contribution >= 4 is 40.4 Å². The van der Waals surface area contributed by atoms with Crippen LogP contribution in [0.15, 0.2) is 71.6 Å². The number of ether oxygens (including phenoxy) is 2. The summed E-state index contributed by atoms with van der Waals surface area (Å²) >= 11 is 7.66. The van der Waals surface area contributed by atoms with Crippen molar-refractivity contribution in [2.24, 2.45) is 5.73 Å². The SMILES string of the molecule is NC(=O)c1[nH]c2ccc(Cl)cc2c1SN1CCOC(COc2cccc(-c3cccc(F)c3)c2)C1. The fourth-order valence-corrected chi connectivity index (χ4v) is 5.38. The molecule has 1 aliphatic heterocycles. The van der Waals surface area contributed by atoms with Gasteiger partial charge in [0.1, 0.15) is 30.0 Å². The number of aromatic nitrogens is 1. The van der Waals surface area contributed by atoms with Gasteiger partial charge in [0, 0.05) is 29.0 Å². The maximum Gasteiger partial charge on any atom is 0.266 e. The van der Waals surface area contributed by atoms with Gasteiger partial charge in [-0.05, 0) is 65.5 Å². The molecule has 9 heteroatoms. The first-order valence-electron chi connectivity index (χ1n) is 11.1. The first-order valence-corrected chi connectivity index (χ1v) is 12.3. The Kier molecular flexibility index (Phi) is 6.97. The molecule has 1 aromatic heterocycles. The lowest BCUT2D eigenvalue weighted by atomic mass is 10.1. The van der Waals surface area contributed by atoms with E-state index in [1.807, 2.05) is 42.5 Å². The van der Waals surface area contributed by atoms with E-state index in [0.29, 0.717) is 42.8 Å². The number of nitrogens with zero attached hydrogens (tertiary/aromatic N) is 1. The number of aromatic amines is 1. The summed E-state index contributed by atoms with van der Waals surface area (Å²) in [6.07, 6.45) is -0.167. The fraction of sp³-hybridized carbons (Fsp3) is 0.192. The number of amides is 1. The molecule has 2 heterocycles. The molecule has 35 heavy (non-hydrogen) atoms. The van der Waals surface area contributed by atoms with E-state index in [1.165, 1.54) is 24.1 Å². The van der Waals surface area contributed by atoms with Crippen LogP contribution >= 0.6 is 23.5 Å². The van der Waals surface area contributed by atoms with E-state index in [0.717, 1.165) is 26.9 Å². The summed E-state index contributed by atoms with van der Waals surface area (Å²) in [5.41, 5.74) is 8.45. The summed E-state index contributed by atoms with van der Waals surface area (Å²) < 4.78 is 27.7. The van der Waals surface area contributed by atoms with Crippen LogP contribution in [0.4, 0.5) is 4.39 Å². The van der Waals surface area contributed by atoms with Crippen LogP contribution in [0.1, 0.15) is 10.5 Å². The number of carbonyl (C=O) groups excluding carboxylic acids is 1. The number of hydrogen-bond donors (Lipinski definition) is 2. The number of H-pyrrole nitrogens is 1. The molecule has 0 spiro atoms. The highest BCUT2D eigenvalue weighted by Crippen LogP contribution is 2.36. The summed E-state index contributed by atoms with van der Waals surface area (Å²) in [7, 11) is 0. The molecule has 3 N–H and O–H groups in total. The van der Waals surface area contributed by atoms with Gasteiger partial charge in [0.25, 0.3) is 5.91 Å². The van der Waals surface area contributed by atoms with Crippen LogP contribution in [0, 0.1) is 5.82 Å². The van der Waals surface area contributed by atoms with Crippen LogP contribution < -0.4 is 10.5 Å². The van der Waals surface area contributed by atoms with E-state index < -0.39 is 5.91 Å². The highest BCUT2D eigenvalue weighted by molar-refractivity contribution is 7.97. The Morgan fingerprint density at radius 2 is 1.97 bits per heavy atom. The number of nitrogens with two attached hydrogens (primary N) is 1. The summed E-state index contributed by atoms with van der Waals surface area (Å²) in [5.74, 6) is -0.118. The van der Waals surface area contributed by atoms with Crippen molar-refractivity contribution in [3.05, 3.63) is 83.3 Å². The number of carbonyl (C=O) groups is 1. The Balaban J connectivity index is 1.26. The molecule has 0 radical (unpaired) electrons. The second-order valence-electron chi connectivity index (χ2n) is 8.20. The van der Waals surface area contributed by atoms with E-state index in [-0.39, 0.29) is 11.9 Å². The summed E-state index contributed by atoms with van der Waals surface area (Å²) in [6, 6.07) is 19.5. The Hall–Kier alpha value is -3.04. The predicted octanol–water partition coefficient (Wildman–Crippen LogP) is 5.51. The third-order valence-electron chi connectivity index (χ3n) is 5.71. The van der Waals surface area contributed by atoms with Crippen molar-refractivity contribution in [1.29, 1.82) is 0 Å². The molecule has 0 bridgehead atoms. The van der Waals surface area contributed by atoms with Gasteiger partial charge >= 0.3 is 0 Å². The maximum atomic E-state index is 13.6. The van der Waals surface area contributed by atoms with Gasteiger partial charge in [-0.25, -0.2) is 8.70 Å². The van der Waals surface area contributed by atoms with Gasteiger partial charge in [-0.15, -0.1) is 0 Å². The van der Waals surface area contributed by atoms with Gasteiger partial charge in [-0.2, -0.15) is 0 Å². The maximum absolute atomic E-state index is 13.6. The molecule has 5 rings (SSSR count). The molecule has 1 saturated heterocycles. The lowest BCUT2D eigenvalue weighted by Gasteiger charge is -2.31. The number of hydrogen-bond acceptors (Lipinski definition) is 5. The van der Waals surface area contributed by atoms with Crippen molar-refractivity contribution in [2.45, 2.75) is 11.0 Å². The highest BCUT2D eigenvalue weighted by Gasteiger charge is 2.25. The average Bonchev–Trinajstić information content (AvgIpc) is 3.21. The quantitative estimate of drug-likeness (QED) is 0.320. The minimum atomic E-state index is -0.522. The Labute approximate surface area is 211 Å². The summed E-state index contributed by atoms with van der Waals surface area (Å²) in [5, 5.41) is 1.44. The summed E-state index contributed by atoms with van der Waals surface area (Å²) in [6.45, 7) is 2.16. The number of halogens is 2. The molecule has 0 saturated carbocycles. The first-order chi connectivity index (χ1) is 17.0. The Bertz CT molecular complexity index is 1380. The topological polar surface area (TPSA) is 80.6 Å². The van der Waals surface area contributed by atoms with Crippen LogP contribution in [0.5, 0.6) is 5.75 Å². The molecule has 1 unspecified atom stereocenters. The van der Waals surface area contributed by atoms with Crippen molar-refractivity contribution in [2.75, 3.05) is 26.3 Å². The van der Waals surface area contributed by atoms with Crippen molar-refractivity contribution in [3.8, 4) is 16.9 Å². The Morgan fingerprint density at radius 1 is 1.17 bits per heavy atom. The second kappa shape index (κ2) is 10.3. The standard InChI is InChI=1S/C26H23ClFN3O3S/c27-18-7-8-23-22(13-18)25(24(30-23)26(29)32)35-31-9-10-33-21(14-31)15-34-20-6-2-4-17(12-20)16-3-1-5-19(28)11-16/h1-8,11-13,21,30H,9-10,14-15H2,(H2,29,32). The molecule has 6 nitrogen and oxygen atoms in total. The number of nitrogens with one attached hydrogen (secondary N) is 1. The molecule has 180 valence electrons. The highest BCUT2D eigenvalue weighted by atomic mass is 35.5. The van der Waals surface area contributed by atoms with Crippen molar-refractivity contribution < 1.29 is 18.7 Å². The monoisotopic (exact) mass is 511 g/mol. The van der Waals surface area contributed by atoms with Crippen LogP contribution in [0.25, 0.3) is 22.0 Å².